The number of hydrogen-bond donors (Lipinski definition) is 1. The number of pyridine rings is 1. The normalized spacial score (nSPS) is 10.5. The molecule has 9 heteroatoms. The lowest BCUT2D eigenvalue weighted by Crippen LogP contribution is -2.05. The molecule has 2 aromatic heterocycles. The van der Waals surface area contributed by atoms with Crippen LogP contribution in [0.2, 0.25) is 0 Å². The maximum Gasteiger partial charge on any atom is 0.339 e. The van der Waals surface area contributed by atoms with Crippen molar-refractivity contribution >= 4 is 5.97 Å². The van der Waals surface area contributed by atoms with Crippen LogP contribution >= 0.6 is 0 Å². The summed E-state index contributed by atoms with van der Waals surface area (Å²) in [6.45, 7) is 1.71. The highest BCUT2D eigenvalue weighted by molar-refractivity contribution is 5.96. The molecule has 1 N–H and O–H groups in total. The van der Waals surface area contributed by atoms with E-state index in [1.165, 1.54) is 27.4 Å². The Bertz CT molecular complexity index is 999. The van der Waals surface area contributed by atoms with Crippen LogP contribution < -0.4 is 14.2 Å². The number of nitrogens with zero attached hydrogens (tertiary/aromatic N) is 3. The van der Waals surface area contributed by atoms with E-state index in [1.807, 2.05) is 0 Å². The van der Waals surface area contributed by atoms with Gasteiger partial charge in [0.2, 0.25) is 5.75 Å². The minimum absolute atomic E-state index is 0.0641. The van der Waals surface area contributed by atoms with Gasteiger partial charge in [-0.1, -0.05) is 5.16 Å². The van der Waals surface area contributed by atoms with E-state index in [4.69, 9.17) is 18.7 Å². The molecule has 0 saturated heterocycles. The molecule has 3 rings (SSSR count). The Hall–Kier alpha value is -3.62. The molecular formula is C18H17N3O6. The summed E-state index contributed by atoms with van der Waals surface area (Å²) >= 11 is 0. The second kappa shape index (κ2) is 7.32. The fourth-order valence-electron chi connectivity index (χ4n) is 2.69. The van der Waals surface area contributed by atoms with Gasteiger partial charge in [-0.25, -0.2) is 4.79 Å². The van der Waals surface area contributed by atoms with E-state index in [1.54, 1.807) is 25.3 Å². The van der Waals surface area contributed by atoms with E-state index in [0.717, 1.165) is 0 Å². The zero-order chi connectivity index (χ0) is 19.6. The van der Waals surface area contributed by atoms with E-state index < -0.39 is 5.97 Å². The van der Waals surface area contributed by atoms with Gasteiger partial charge in [0.25, 0.3) is 5.89 Å². The third-order valence-corrected chi connectivity index (χ3v) is 3.84. The fourth-order valence-corrected chi connectivity index (χ4v) is 2.69. The first-order valence-corrected chi connectivity index (χ1v) is 7.83. The first kappa shape index (κ1) is 18.2. The molecule has 0 atom stereocenters. The summed E-state index contributed by atoms with van der Waals surface area (Å²) in [4.78, 5) is 20.2. The van der Waals surface area contributed by atoms with Crippen LogP contribution in [0.5, 0.6) is 17.2 Å². The van der Waals surface area contributed by atoms with Gasteiger partial charge in [-0.3, -0.25) is 4.98 Å². The Morgan fingerprint density at radius 1 is 1.07 bits per heavy atom. The van der Waals surface area contributed by atoms with Crippen molar-refractivity contribution < 1.29 is 28.6 Å². The quantitative estimate of drug-likeness (QED) is 0.698. The fraction of sp³-hybridized carbons (Fsp3) is 0.222. The van der Waals surface area contributed by atoms with Crippen LogP contribution in [-0.4, -0.2) is 47.5 Å². The molecule has 0 unspecified atom stereocenters. The molecule has 0 amide bonds. The number of ether oxygens (including phenoxy) is 3. The molecule has 1 aromatic carbocycles. The molecule has 0 aliphatic rings. The Labute approximate surface area is 154 Å². The number of aryl methyl sites for hydroxylation is 1. The second-order valence-corrected chi connectivity index (χ2v) is 5.45. The topological polar surface area (TPSA) is 117 Å². The Morgan fingerprint density at radius 3 is 2.33 bits per heavy atom. The molecule has 0 fully saturated rings. The third-order valence-electron chi connectivity index (χ3n) is 3.84. The Balaban J connectivity index is 2.25. The molecule has 9 nitrogen and oxygen atoms in total. The monoisotopic (exact) mass is 371 g/mol. The lowest BCUT2D eigenvalue weighted by atomic mass is 10.0. The smallest absolute Gasteiger partial charge is 0.339 e. The van der Waals surface area contributed by atoms with Gasteiger partial charge in [0, 0.05) is 17.3 Å². The largest absolute Gasteiger partial charge is 0.492 e. The van der Waals surface area contributed by atoms with Gasteiger partial charge in [0.05, 0.1) is 27.0 Å². The minimum Gasteiger partial charge on any atom is -0.492 e. The highest BCUT2D eigenvalue weighted by Crippen LogP contribution is 2.46. The highest BCUT2D eigenvalue weighted by atomic mass is 16.5. The molecule has 0 spiro atoms. The number of carboxylic acids is 1. The van der Waals surface area contributed by atoms with Crippen molar-refractivity contribution in [3.63, 3.8) is 0 Å². The van der Waals surface area contributed by atoms with E-state index >= 15 is 0 Å². The van der Waals surface area contributed by atoms with Gasteiger partial charge in [0.15, 0.2) is 17.3 Å². The third kappa shape index (κ3) is 3.26. The lowest BCUT2D eigenvalue weighted by Gasteiger charge is -2.17. The number of benzene rings is 1. The Morgan fingerprint density at radius 2 is 1.78 bits per heavy atom. The molecule has 140 valence electrons. The van der Waals surface area contributed by atoms with Gasteiger partial charge in [0.1, 0.15) is 5.56 Å². The highest BCUT2D eigenvalue weighted by Gasteiger charge is 2.25. The van der Waals surface area contributed by atoms with E-state index in [9.17, 15) is 9.90 Å². The van der Waals surface area contributed by atoms with Crippen LogP contribution in [0.4, 0.5) is 0 Å². The summed E-state index contributed by atoms with van der Waals surface area (Å²) in [5.74, 6) is 0.183. The molecule has 0 aliphatic carbocycles. The van der Waals surface area contributed by atoms with E-state index in [0.29, 0.717) is 34.3 Å². The molecule has 2 heterocycles. The Kier molecular flexibility index (Phi) is 4.93. The number of hydrogen-bond acceptors (Lipinski definition) is 8. The van der Waals surface area contributed by atoms with E-state index in [2.05, 4.69) is 15.1 Å². The van der Waals surface area contributed by atoms with Crippen molar-refractivity contribution in [2.75, 3.05) is 21.3 Å². The predicted octanol–water partition coefficient (Wildman–Crippen LogP) is 2.83. The van der Waals surface area contributed by atoms with Gasteiger partial charge in [-0.2, -0.15) is 4.98 Å². The summed E-state index contributed by atoms with van der Waals surface area (Å²) in [5, 5.41) is 13.3. The molecule has 0 aliphatic heterocycles. The first-order valence-electron chi connectivity index (χ1n) is 7.83. The maximum atomic E-state index is 11.7. The number of aromatic nitrogens is 3. The molecule has 0 radical (unpaired) electrons. The average molecular weight is 371 g/mol. The minimum atomic E-state index is -1.17. The van der Waals surface area contributed by atoms with Gasteiger partial charge in [-0.15, -0.1) is 0 Å². The first-order chi connectivity index (χ1) is 13.0. The number of methoxy groups -OCH3 is 3. The summed E-state index contributed by atoms with van der Waals surface area (Å²) in [6.07, 6.45) is 1.56. The van der Waals surface area contributed by atoms with Crippen molar-refractivity contribution in [1.29, 1.82) is 0 Å². The van der Waals surface area contributed by atoms with Crippen molar-refractivity contribution in [1.82, 2.24) is 15.1 Å². The van der Waals surface area contributed by atoms with Crippen molar-refractivity contribution in [3.05, 3.63) is 35.8 Å². The number of carboxylic acid groups (broad SMARTS) is 1. The van der Waals surface area contributed by atoms with Gasteiger partial charge in [-0.05, 0) is 25.1 Å². The second-order valence-electron chi connectivity index (χ2n) is 5.45. The summed E-state index contributed by atoms with van der Waals surface area (Å²) in [7, 11) is 4.22. The molecule has 3 aromatic rings. The zero-order valence-corrected chi connectivity index (χ0v) is 15.1. The van der Waals surface area contributed by atoms with Crippen molar-refractivity contribution in [2.24, 2.45) is 0 Å². The number of aromatic carboxylic acids is 1. The number of carbonyl (C=O) groups is 1. The van der Waals surface area contributed by atoms with Gasteiger partial charge < -0.3 is 23.8 Å². The molecular weight excluding hydrogens is 354 g/mol. The summed E-state index contributed by atoms with van der Waals surface area (Å²) < 4.78 is 21.2. The van der Waals surface area contributed by atoms with Crippen molar-refractivity contribution in [3.8, 4) is 40.0 Å². The van der Waals surface area contributed by atoms with Crippen LogP contribution in [-0.2, 0) is 0 Å². The molecule has 27 heavy (non-hydrogen) atoms. The predicted molar refractivity (Wildman–Crippen MR) is 94.3 cm³/mol. The summed E-state index contributed by atoms with van der Waals surface area (Å²) in [5.41, 5.74) is 1.43. The summed E-state index contributed by atoms with van der Waals surface area (Å²) in [6, 6.07) is 4.83. The standard InChI is InChI=1S/C18H17N3O6/c1-9-20-17(27-21-9)10-5-6-19-13(7-10)11-8-12(18(22)23)15(25-3)16(26-4)14(11)24-2/h5-8H,1-4H3,(H,22,23). The average Bonchev–Trinajstić information content (AvgIpc) is 3.12. The number of rotatable bonds is 6. The van der Waals surface area contributed by atoms with Gasteiger partial charge >= 0.3 is 5.97 Å². The molecule has 0 saturated carbocycles. The van der Waals surface area contributed by atoms with Crippen LogP contribution in [0.3, 0.4) is 0 Å². The maximum absolute atomic E-state index is 11.7. The SMILES string of the molecule is COc1c(C(=O)O)cc(-c2cc(-c3nc(C)no3)ccn2)c(OC)c1OC. The van der Waals surface area contributed by atoms with Crippen LogP contribution in [0.15, 0.2) is 28.9 Å². The van der Waals surface area contributed by atoms with Crippen LogP contribution in [0.1, 0.15) is 16.2 Å². The zero-order valence-electron chi connectivity index (χ0n) is 15.1. The van der Waals surface area contributed by atoms with E-state index in [-0.39, 0.29) is 17.1 Å². The van der Waals surface area contributed by atoms with Crippen LogP contribution in [0, 0.1) is 6.92 Å². The lowest BCUT2D eigenvalue weighted by molar-refractivity contribution is 0.0692. The van der Waals surface area contributed by atoms with Crippen molar-refractivity contribution in [2.45, 2.75) is 6.92 Å². The molecule has 0 bridgehead atoms. The van der Waals surface area contributed by atoms with Crippen LogP contribution in [0.25, 0.3) is 22.7 Å².